The monoisotopic (exact) mass is 341 g/mol. The van der Waals surface area contributed by atoms with Gasteiger partial charge in [0.05, 0.1) is 32.0 Å². The van der Waals surface area contributed by atoms with Gasteiger partial charge in [0.1, 0.15) is 0 Å². The highest BCUT2D eigenvalue weighted by atomic mass is 16.7. The molecule has 0 radical (unpaired) electrons. The Bertz CT molecular complexity index is 720. The maximum atomic E-state index is 5.91. The van der Waals surface area contributed by atoms with Gasteiger partial charge in [-0.15, -0.1) is 0 Å². The molecule has 0 amide bonds. The summed E-state index contributed by atoms with van der Waals surface area (Å²) in [5.74, 6) is -0.361. The molecule has 1 aromatic heterocycles. The fourth-order valence-corrected chi connectivity index (χ4v) is 4.04. The van der Waals surface area contributed by atoms with E-state index in [0.717, 1.165) is 57.9 Å². The third-order valence-electron chi connectivity index (χ3n) is 5.40. The van der Waals surface area contributed by atoms with E-state index in [0.29, 0.717) is 0 Å². The molecule has 2 saturated heterocycles. The zero-order chi connectivity index (χ0) is 17.3. The largest absolute Gasteiger partial charge is 0.346 e. The van der Waals surface area contributed by atoms with Crippen LogP contribution in [0.25, 0.3) is 0 Å². The summed E-state index contributed by atoms with van der Waals surface area (Å²) in [6.45, 7) is 9.44. The van der Waals surface area contributed by atoms with Crippen LogP contribution in [0.3, 0.4) is 0 Å². The van der Waals surface area contributed by atoms with Gasteiger partial charge in [-0.3, -0.25) is 9.58 Å². The van der Waals surface area contributed by atoms with Crippen molar-refractivity contribution >= 4 is 0 Å². The number of piperidine rings is 1. The number of hydrogen-bond acceptors (Lipinski definition) is 4. The van der Waals surface area contributed by atoms with Crippen molar-refractivity contribution in [3.05, 3.63) is 52.8 Å². The van der Waals surface area contributed by atoms with Gasteiger partial charge >= 0.3 is 0 Å². The van der Waals surface area contributed by atoms with Gasteiger partial charge in [-0.2, -0.15) is 5.10 Å². The minimum atomic E-state index is -0.361. The van der Waals surface area contributed by atoms with Crippen LogP contribution in [0.5, 0.6) is 0 Å². The van der Waals surface area contributed by atoms with Crippen LogP contribution in [-0.2, 0) is 22.6 Å². The fraction of sp³-hybridized carbons (Fsp3) is 0.550. The second kappa shape index (κ2) is 6.90. The number of nitrogens with zero attached hydrogens (tertiary/aromatic N) is 3. The van der Waals surface area contributed by atoms with Crippen LogP contribution in [0.4, 0.5) is 0 Å². The molecule has 1 aromatic carbocycles. The quantitative estimate of drug-likeness (QED) is 0.857. The van der Waals surface area contributed by atoms with E-state index in [-0.39, 0.29) is 5.79 Å². The molecule has 0 bridgehead atoms. The molecule has 2 fully saturated rings. The first kappa shape index (κ1) is 16.8. The Kier molecular flexibility index (Phi) is 4.63. The van der Waals surface area contributed by atoms with Crippen molar-refractivity contribution in [1.82, 2.24) is 14.7 Å². The van der Waals surface area contributed by atoms with E-state index < -0.39 is 0 Å². The summed E-state index contributed by atoms with van der Waals surface area (Å²) in [5.41, 5.74) is 5.01. The zero-order valence-electron chi connectivity index (χ0n) is 15.2. The van der Waals surface area contributed by atoms with Gasteiger partial charge in [-0.1, -0.05) is 30.3 Å². The molecule has 2 aliphatic rings. The maximum absolute atomic E-state index is 5.91. The highest BCUT2D eigenvalue weighted by Gasteiger charge is 2.40. The van der Waals surface area contributed by atoms with Crippen LogP contribution < -0.4 is 0 Å². The van der Waals surface area contributed by atoms with E-state index in [1.807, 2.05) is 0 Å². The van der Waals surface area contributed by atoms with E-state index >= 15 is 0 Å². The summed E-state index contributed by atoms with van der Waals surface area (Å²) >= 11 is 0. The maximum Gasteiger partial charge on any atom is 0.181 e. The minimum absolute atomic E-state index is 0.361. The Morgan fingerprint density at radius 2 is 1.84 bits per heavy atom. The number of ether oxygens (including phenoxy) is 2. The summed E-state index contributed by atoms with van der Waals surface area (Å²) in [7, 11) is 0. The van der Waals surface area contributed by atoms with Crippen molar-refractivity contribution in [2.45, 2.75) is 45.6 Å². The lowest BCUT2D eigenvalue weighted by Crippen LogP contribution is -2.48. The molecule has 5 heteroatoms. The molecule has 0 N–H and O–H groups in total. The summed E-state index contributed by atoms with van der Waals surface area (Å²) < 4.78 is 13.9. The lowest BCUT2D eigenvalue weighted by molar-refractivity contribution is -0.190. The first-order chi connectivity index (χ1) is 12.2. The molecule has 1 spiro atoms. The predicted molar refractivity (Wildman–Crippen MR) is 96.4 cm³/mol. The second-order valence-corrected chi connectivity index (χ2v) is 7.21. The number of likely N-dealkylation sites (tertiary alicyclic amines) is 1. The predicted octanol–water partition coefficient (Wildman–Crippen LogP) is 2.89. The molecular weight excluding hydrogens is 314 g/mol. The van der Waals surface area contributed by atoms with Crippen molar-refractivity contribution in [2.75, 3.05) is 26.3 Å². The van der Waals surface area contributed by atoms with Gasteiger partial charge in [0.2, 0.25) is 0 Å². The number of hydrogen-bond donors (Lipinski definition) is 0. The fourth-order valence-electron chi connectivity index (χ4n) is 4.04. The Morgan fingerprint density at radius 1 is 1.08 bits per heavy atom. The lowest BCUT2D eigenvalue weighted by atomic mass is 10.0. The first-order valence-electron chi connectivity index (χ1n) is 9.22. The van der Waals surface area contributed by atoms with Gasteiger partial charge in [-0.05, 0) is 32.4 Å². The van der Waals surface area contributed by atoms with Crippen molar-refractivity contribution in [2.24, 2.45) is 0 Å². The van der Waals surface area contributed by atoms with E-state index in [1.54, 1.807) is 0 Å². The average molecular weight is 341 g/mol. The van der Waals surface area contributed by atoms with Gasteiger partial charge < -0.3 is 9.47 Å². The molecule has 134 valence electrons. The summed E-state index contributed by atoms with van der Waals surface area (Å²) in [5, 5.41) is 4.79. The van der Waals surface area contributed by atoms with Gasteiger partial charge in [0.25, 0.3) is 0 Å². The van der Waals surface area contributed by atoms with Crippen LogP contribution in [0.1, 0.15) is 35.4 Å². The molecule has 2 aromatic rings. The van der Waals surface area contributed by atoms with Crippen molar-refractivity contribution < 1.29 is 9.47 Å². The van der Waals surface area contributed by atoms with Gasteiger partial charge in [-0.25, -0.2) is 0 Å². The molecule has 3 heterocycles. The Morgan fingerprint density at radius 3 is 2.60 bits per heavy atom. The number of rotatable bonds is 4. The SMILES string of the molecule is Cc1nn(Cc2ccccc2)c(C)c1CN1CCCC2(C1)OCCO2. The molecule has 2 aliphatic heterocycles. The molecule has 0 unspecified atom stereocenters. The highest BCUT2D eigenvalue weighted by molar-refractivity contribution is 5.26. The van der Waals surface area contributed by atoms with Crippen LogP contribution >= 0.6 is 0 Å². The molecule has 0 atom stereocenters. The molecule has 25 heavy (non-hydrogen) atoms. The number of aryl methyl sites for hydroxylation is 1. The Balaban J connectivity index is 1.49. The van der Waals surface area contributed by atoms with E-state index in [9.17, 15) is 0 Å². The zero-order valence-corrected chi connectivity index (χ0v) is 15.2. The van der Waals surface area contributed by atoms with Crippen LogP contribution in [0, 0.1) is 13.8 Å². The topological polar surface area (TPSA) is 39.5 Å². The highest BCUT2D eigenvalue weighted by Crippen LogP contribution is 2.31. The van der Waals surface area contributed by atoms with E-state index in [1.165, 1.54) is 16.8 Å². The third kappa shape index (κ3) is 3.50. The Hall–Kier alpha value is -1.69. The first-order valence-corrected chi connectivity index (χ1v) is 9.22. The lowest BCUT2D eigenvalue weighted by Gasteiger charge is -2.38. The van der Waals surface area contributed by atoms with Gasteiger partial charge in [0, 0.05) is 24.2 Å². The molecule has 0 saturated carbocycles. The summed E-state index contributed by atoms with van der Waals surface area (Å²) in [6, 6.07) is 10.5. The van der Waals surface area contributed by atoms with Crippen molar-refractivity contribution in [3.63, 3.8) is 0 Å². The summed E-state index contributed by atoms with van der Waals surface area (Å²) in [6.07, 6.45) is 2.13. The molecule has 4 rings (SSSR count). The minimum Gasteiger partial charge on any atom is -0.346 e. The number of aromatic nitrogens is 2. The van der Waals surface area contributed by atoms with Crippen LogP contribution in [0.2, 0.25) is 0 Å². The third-order valence-corrected chi connectivity index (χ3v) is 5.40. The van der Waals surface area contributed by atoms with Crippen molar-refractivity contribution in [3.8, 4) is 0 Å². The van der Waals surface area contributed by atoms with E-state index in [4.69, 9.17) is 14.6 Å². The van der Waals surface area contributed by atoms with Crippen LogP contribution in [0.15, 0.2) is 30.3 Å². The molecule has 0 aliphatic carbocycles. The van der Waals surface area contributed by atoms with E-state index in [2.05, 4.69) is 53.8 Å². The molecular formula is C20H27N3O2. The summed E-state index contributed by atoms with van der Waals surface area (Å²) in [4.78, 5) is 2.46. The second-order valence-electron chi connectivity index (χ2n) is 7.21. The van der Waals surface area contributed by atoms with Crippen molar-refractivity contribution in [1.29, 1.82) is 0 Å². The van der Waals surface area contributed by atoms with Crippen LogP contribution in [-0.4, -0.2) is 46.8 Å². The standard InChI is InChI=1S/C20H27N3O2/c1-16-19(14-22-10-6-9-20(15-22)24-11-12-25-20)17(2)23(21-16)13-18-7-4-3-5-8-18/h3-5,7-8H,6,9-15H2,1-2H3. The normalized spacial score (nSPS) is 20.4. The average Bonchev–Trinajstić information content (AvgIpc) is 3.16. The Labute approximate surface area is 149 Å². The van der Waals surface area contributed by atoms with Gasteiger partial charge in [0.15, 0.2) is 5.79 Å². The number of benzene rings is 1. The molecule has 5 nitrogen and oxygen atoms in total. The smallest absolute Gasteiger partial charge is 0.181 e.